The van der Waals surface area contributed by atoms with Gasteiger partial charge in [0.15, 0.2) is 0 Å². The maximum absolute atomic E-state index is 6.30. The summed E-state index contributed by atoms with van der Waals surface area (Å²) in [6, 6.07) is 18.1. The van der Waals surface area contributed by atoms with Crippen LogP contribution in [-0.2, 0) is 0 Å². The van der Waals surface area contributed by atoms with Crippen LogP contribution in [-0.4, -0.2) is 11.5 Å². The molecule has 0 aliphatic rings. The van der Waals surface area contributed by atoms with Gasteiger partial charge in [-0.3, -0.25) is 0 Å². The molecule has 2 aromatic carbocycles. The van der Waals surface area contributed by atoms with Crippen LogP contribution in [0.3, 0.4) is 0 Å². The van der Waals surface area contributed by atoms with Crippen LogP contribution in [0.2, 0.25) is 5.02 Å². The molecule has 2 nitrogen and oxygen atoms in total. The standard InChI is InChI=1S/C17H15ClN2/c1-2-19-16-11-15(12-7-4-3-5-8-12)20-17-13(16)9-6-10-14(17)18/h3-11H,2H2,1H3,(H,19,20). The van der Waals surface area contributed by atoms with Gasteiger partial charge in [-0.1, -0.05) is 54.1 Å². The molecule has 0 saturated heterocycles. The van der Waals surface area contributed by atoms with E-state index in [9.17, 15) is 0 Å². The Morgan fingerprint density at radius 3 is 2.60 bits per heavy atom. The van der Waals surface area contributed by atoms with Crippen LogP contribution in [0.15, 0.2) is 54.6 Å². The SMILES string of the molecule is CCNc1cc(-c2ccccc2)nc2c(Cl)cccc12. The molecular weight excluding hydrogens is 268 g/mol. The average Bonchev–Trinajstić information content (AvgIpc) is 2.49. The van der Waals surface area contributed by atoms with Crippen LogP contribution in [0.5, 0.6) is 0 Å². The minimum atomic E-state index is 0.680. The van der Waals surface area contributed by atoms with Gasteiger partial charge in [-0.05, 0) is 19.1 Å². The van der Waals surface area contributed by atoms with Crippen LogP contribution in [0.4, 0.5) is 5.69 Å². The molecule has 0 bridgehead atoms. The molecule has 0 saturated carbocycles. The first-order valence-corrected chi connectivity index (χ1v) is 7.06. The van der Waals surface area contributed by atoms with Crippen molar-refractivity contribution in [2.75, 3.05) is 11.9 Å². The quantitative estimate of drug-likeness (QED) is 0.732. The lowest BCUT2D eigenvalue weighted by atomic mass is 10.1. The lowest BCUT2D eigenvalue weighted by Crippen LogP contribution is -1.99. The third-order valence-electron chi connectivity index (χ3n) is 3.23. The smallest absolute Gasteiger partial charge is 0.0916 e. The minimum Gasteiger partial charge on any atom is -0.385 e. The van der Waals surface area contributed by atoms with Crippen LogP contribution >= 0.6 is 11.6 Å². The zero-order valence-corrected chi connectivity index (χ0v) is 12.0. The molecule has 20 heavy (non-hydrogen) atoms. The Morgan fingerprint density at radius 2 is 1.85 bits per heavy atom. The van der Waals surface area contributed by atoms with Crippen molar-refractivity contribution in [1.29, 1.82) is 0 Å². The molecule has 0 unspecified atom stereocenters. The van der Waals surface area contributed by atoms with Gasteiger partial charge >= 0.3 is 0 Å². The summed E-state index contributed by atoms with van der Waals surface area (Å²) < 4.78 is 0. The van der Waals surface area contributed by atoms with Gasteiger partial charge in [-0.2, -0.15) is 0 Å². The number of nitrogens with zero attached hydrogens (tertiary/aromatic N) is 1. The summed E-state index contributed by atoms with van der Waals surface area (Å²) in [7, 11) is 0. The number of halogens is 1. The highest BCUT2D eigenvalue weighted by molar-refractivity contribution is 6.35. The number of para-hydroxylation sites is 1. The number of hydrogen-bond donors (Lipinski definition) is 1. The number of pyridine rings is 1. The molecule has 0 aliphatic heterocycles. The summed E-state index contributed by atoms with van der Waals surface area (Å²) in [6.45, 7) is 2.94. The normalized spacial score (nSPS) is 10.7. The van der Waals surface area contributed by atoms with Crippen molar-refractivity contribution in [3.8, 4) is 11.3 Å². The molecule has 3 aromatic rings. The fourth-order valence-corrected chi connectivity index (χ4v) is 2.52. The first-order valence-electron chi connectivity index (χ1n) is 6.68. The molecule has 0 amide bonds. The minimum absolute atomic E-state index is 0.680. The van der Waals surface area contributed by atoms with Crippen molar-refractivity contribution in [3.05, 3.63) is 59.6 Å². The van der Waals surface area contributed by atoms with Gasteiger partial charge in [-0.15, -0.1) is 0 Å². The van der Waals surface area contributed by atoms with Crippen molar-refractivity contribution in [1.82, 2.24) is 4.98 Å². The molecule has 1 N–H and O–H groups in total. The van der Waals surface area contributed by atoms with E-state index >= 15 is 0 Å². The lowest BCUT2D eigenvalue weighted by molar-refractivity contribution is 1.21. The maximum atomic E-state index is 6.30. The van der Waals surface area contributed by atoms with E-state index in [1.54, 1.807) is 0 Å². The fraction of sp³-hybridized carbons (Fsp3) is 0.118. The number of nitrogens with one attached hydrogen (secondary N) is 1. The van der Waals surface area contributed by atoms with E-state index in [2.05, 4.69) is 30.4 Å². The zero-order valence-electron chi connectivity index (χ0n) is 11.2. The Bertz CT molecular complexity index is 739. The van der Waals surface area contributed by atoms with Crippen molar-refractivity contribution in [2.45, 2.75) is 6.92 Å². The predicted molar refractivity (Wildman–Crippen MR) is 86.4 cm³/mol. The molecule has 0 atom stereocenters. The Hall–Kier alpha value is -2.06. The Labute approximate surface area is 123 Å². The van der Waals surface area contributed by atoms with Gasteiger partial charge < -0.3 is 5.32 Å². The number of aromatic nitrogens is 1. The maximum Gasteiger partial charge on any atom is 0.0916 e. The molecule has 0 spiro atoms. The van der Waals surface area contributed by atoms with Crippen LogP contribution in [0, 0.1) is 0 Å². The van der Waals surface area contributed by atoms with Gasteiger partial charge in [0.2, 0.25) is 0 Å². The number of hydrogen-bond acceptors (Lipinski definition) is 2. The van der Waals surface area contributed by atoms with E-state index < -0.39 is 0 Å². The van der Waals surface area contributed by atoms with Crippen LogP contribution in [0.1, 0.15) is 6.92 Å². The first-order chi connectivity index (χ1) is 9.79. The van der Waals surface area contributed by atoms with Crippen LogP contribution in [0.25, 0.3) is 22.2 Å². The largest absolute Gasteiger partial charge is 0.385 e. The summed E-state index contributed by atoms with van der Waals surface area (Å²) in [6.07, 6.45) is 0. The van der Waals surface area contributed by atoms with E-state index in [4.69, 9.17) is 16.6 Å². The van der Waals surface area contributed by atoms with E-state index in [0.717, 1.165) is 34.4 Å². The molecule has 100 valence electrons. The highest BCUT2D eigenvalue weighted by Crippen LogP contribution is 2.31. The summed E-state index contributed by atoms with van der Waals surface area (Å²) >= 11 is 6.30. The molecule has 3 heteroatoms. The molecule has 0 aliphatic carbocycles. The summed E-state index contributed by atoms with van der Waals surface area (Å²) in [4.78, 5) is 4.72. The van der Waals surface area contributed by atoms with Gasteiger partial charge in [0.05, 0.1) is 16.2 Å². The second-order valence-electron chi connectivity index (χ2n) is 4.59. The van der Waals surface area contributed by atoms with E-state index in [-0.39, 0.29) is 0 Å². The molecule has 0 radical (unpaired) electrons. The Morgan fingerprint density at radius 1 is 1.05 bits per heavy atom. The first kappa shape index (κ1) is 12.9. The molecule has 1 aromatic heterocycles. The van der Waals surface area contributed by atoms with Gasteiger partial charge in [0, 0.05) is 23.2 Å². The molecule has 3 rings (SSSR count). The topological polar surface area (TPSA) is 24.9 Å². The fourth-order valence-electron chi connectivity index (χ4n) is 2.31. The van der Waals surface area contributed by atoms with Crippen molar-refractivity contribution in [3.63, 3.8) is 0 Å². The highest BCUT2D eigenvalue weighted by atomic mass is 35.5. The number of fused-ring (bicyclic) bond motifs is 1. The summed E-state index contributed by atoms with van der Waals surface area (Å²) in [5, 5.41) is 5.12. The monoisotopic (exact) mass is 282 g/mol. The third kappa shape index (κ3) is 2.35. The van der Waals surface area contributed by atoms with E-state index in [1.165, 1.54) is 0 Å². The number of anilines is 1. The van der Waals surface area contributed by atoms with Crippen molar-refractivity contribution >= 4 is 28.2 Å². The lowest BCUT2D eigenvalue weighted by Gasteiger charge is -2.11. The van der Waals surface area contributed by atoms with Gasteiger partial charge in [0.1, 0.15) is 0 Å². The molecule has 0 fully saturated rings. The second kappa shape index (κ2) is 5.51. The summed E-state index contributed by atoms with van der Waals surface area (Å²) in [5.41, 5.74) is 3.93. The average molecular weight is 283 g/mol. The summed E-state index contributed by atoms with van der Waals surface area (Å²) in [5.74, 6) is 0. The molecular formula is C17H15ClN2. The van der Waals surface area contributed by atoms with Gasteiger partial charge in [0.25, 0.3) is 0 Å². The number of rotatable bonds is 3. The van der Waals surface area contributed by atoms with Crippen molar-refractivity contribution in [2.24, 2.45) is 0 Å². The van der Waals surface area contributed by atoms with E-state index in [1.807, 2.05) is 36.4 Å². The highest BCUT2D eigenvalue weighted by Gasteiger charge is 2.09. The van der Waals surface area contributed by atoms with Crippen LogP contribution < -0.4 is 5.32 Å². The Balaban J connectivity index is 2.27. The zero-order chi connectivity index (χ0) is 13.9. The van der Waals surface area contributed by atoms with Gasteiger partial charge in [-0.25, -0.2) is 4.98 Å². The second-order valence-corrected chi connectivity index (χ2v) is 4.99. The third-order valence-corrected chi connectivity index (χ3v) is 3.53. The number of benzene rings is 2. The predicted octanol–water partition coefficient (Wildman–Crippen LogP) is 4.99. The Kier molecular flexibility index (Phi) is 3.57. The molecule has 1 heterocycles. The van der Waals surface area contributed by atoms with E-state index in [0.29, 0.717) is 5.02 Å². The van der Waals surface area contributed by atoms with Crippen molar-refractivity contribution < 1.29 is 0 Å².